The van der Waals surface area contributed by atoms with Crippen LogP contribution in [0.25, 0.3) is 0 Å². The molecular formula is C12H20N2O2. The van der Waals surface area contributed by atoms with Gasteiger partial charge in [-0.1, -0.05) is 6.92 Å². The highest BCUT2D eigenvalue weighted by Gasteiger charge is 2.24. The molecule has 1 amide bonds. The highest BCUT2D eigenvalue weighted by Crippen LogP contribution is 2.15. The standard InChI is InChI=1S/C12H20N2O2/c1-4-12(2,7-9-15)13-11(16)10-6-5-8-14(10)3/h5-6,8,15H,4,7,9H2,1-3H3,(H,13,16). The number of nitrogens with one attached hydrogen (secondary N) is 1. The van der Waals surface area contributed by atoms with E-state index >= 15 is 0 Å². The van der Waals surface area contributed by atoms with Crippen LogP contribution in [-0.2, 0) is 7.05 Å². The number of nitrogens with zero attached hydrogens (tertiary/aromatic N) is 1. The average Bonchev–Trinajstić information content (AvgIpc) is 2.65. The Kier molecular flexibility index (Phi) is 4.12. The summed E-state index contributed by atoms with van der Waals surface area (Å²) < 4.78 is 1.78. The molecule has 0 radical (unpaired) electrons. The van der Waals surface area contributed by atoms with Gasteiger partial charge < -0.3 is 15.0 Å². The minimum Gasteiger partial charge on any atom is -0.396 e. The lowest BCUT2D eigenvalue weighted by atomic mass is 9.95. The summed E-state index contributed by atoms with van der Waals surface area (Å²) in [6, 6.07) is 3.62. The van der Waals surface area contributed by atoms with Crippen molar-refractivity contribution in [2.75, 3.05) is 6.61 Å². The van der Waals surface area contributed by atoms with Crippen LogP contribution in [0.2, 0.25) is 0 Å². The monoisotopic (exact) mass is 224 g/mol. The van der Waals surface area contributed by atoms with E-state index in [4.69, 9.17) is 5.11 Å². The van der Waals surface area contributed by atoms with Crippen LogP contribution in [0, 0.1) is 0 Å². The van der Waals surface area contributed by atoms with Gasteiger partial charge in [-0.05, 0) is 31.9 Å². The molecule has 1 aromatic heterocycles. The van der Waals surface area contributed by atoms with Crippen molar-refractivity contribution in [1.29, 1.82) is 0 Å². The number of hydrogen-bond donors (Lipinski definition) is 2. The Morgan fingerprint density at radius 3 is 2.75 bits per heavy atom. The number of aryl methyl sites for hydroxylation is 1. The van der Waals surface area contributed by atoms with Crippen molar-refractivity contribution in [1.82, 2.24) is 9.88 Å². The third kappa shape index (κ3) is 2.85. The molecule has 0 saturated heterocycles. The zero-order valence-electron chi connectivity index (χ0n) is 10.2. The minimum absolute atomic E-state index is 0.0811. The third-order valence-electron chi connectivity index (χ3n) is 3.04. The van der Waals surface area contributed by atoms with Crippen LogP contribution in [0.5, 0.6) is 0 Å². The number of aliphatic hydroxyl groups excluding tert-OH is 1. The maximum atomic E-state index is 12.0. The predicted molar refractivity (Wildman–Crippen MR) is 63.3 cm³/mol. The van der Waals surface area contributed by atoms with Crippen molar-refractivity contribution in [3.8, 4) is 0 Å². The topological polar surface area (TPSA) is 54.3 Å². The van der Waals surface area contributed by atoms with Crippen LogP contribution < -0.4 is 5.32 Å². The van der Waals surface area contributed by atoms with Gasteiger partial charge in [-0.25, -0.2) is 0 Å². The Morgan fingerprint density at radius 2 is 2.31 bits per heavy atom. The highest BCUT2D eigenvalue weighted by atomic mass is 16.3. The van der Waals surface area contributed by atoms with Crippen LogP contribution in [-0.4, -0.2) is 27.7 Å². The number of carbonyl (C=O) groups is 1. The zero-order chi connectivity index (χ0) is 12.2. The molecule has 1 atom stereocenters. The van der Waals surface area contributed by atoms with E-state index in [1.165, 1.54) is 0 Å². The van der Waals surface area contributed by atoms with E-state index in [0.717, 1.165) is 6.42 Å². The van der Waals surface area contributed by atoms with Crippen molar-refractivity contribution in [3.05, 3.63) is 24.0 Å². The fraction of sp³-hybridized carbons (Fsp3) is 0.583. The van der Waals surface area contributed by atoms with Crippen LogP contribution in [0.4, 0.5) is 0 Å². The number of aromatic nitrogens is 1. The quantitative estimate of drug-likeness (QED) is 0.792. The molecule has 2 N–H and O–H groups in total. The second-order valence-electron chi connectivity index (χ2n) is 4.35. The number of carbonyl (C=O) groups excluding carboxylic acids is 1. The molecule has 0 aromatic carbocycles. The molecule has 90 valence electrons. The van der Waals surface area contributed by atoms with Gasteiger partial charge in [0.15, 0.2) is 0 Å². The molecule has 0 aliphatic carbocycles. The molecule has 0 spiro atoms. The van der Waals surface area contributed by atoms with Gasteiger partial charge in [-0.3, -0.25) is 4.79 Å². The highest BCUT2D eigenvalue weighted by molar-refractivity contribution is 5.93. The summed E-state index contributed by atoms with van der Waals surface area (Å²) in [5, 5.41) is 11.9. The number of amides is 1. The summed E-state index contributed by atoms with van der Waals surface area (Å²) >= 11 is 0. The molecule has 4 heteroatoms. The van der Waals surface area contributed by atoms with E-state index in [-0.39, 0.29) is 18.1 Å². The predicted octanol–water partition coefficient (Wildman–Crippen LogP) is 1.31. The number of hydrogen-bond acceptors (Lipinski definition) is 2. The Morgan fingerprint density at radius 1 is 1.62 bits per heavy atom. The maximum Gasteiger partial charge on any atom is 0.268 e. The first-order valence-corrected chi connectivity index (χ1v) is 5.57. The SMILES string of the molecule is CCC(C)(CCO)NC(=O)c1cccn1C. The molecule has 16 heavy (non-hydrogen) atoms. The van der Waals surface area contributed by atoms with E-state index in [2.05, 4.69) is 5.32 Å². The first-order chi connectivity index (χ1) is 7.52. The van der Waals surface area contributed by atoms with Gasteiger partial charge in [0.25, 0.3) is 5.91 Å². The molecule has 1 aromatic rings. The van der Waals surface area contributed by atoms with E-state index in [0.29, 0.717) is 12.1 Å². The van der Waals surface area contributed by atoms with E-state index in [1.807, 2.05) is 33.2 Å². The Hall–Kier alpha value is -1.29. The van der Waals surface area contributed by atoms with Crippen molar-refractivity contribution in [3.63, 3.8) is 0 Å². The van der Waals surface area contributed by atoms with Crippen LogP contribution in [0.15, 0.2) is 18.3 Å². The van der Waals surface area contributed by atoms with E-state index in [9.17, 15) is 4.79 Å². The number of aliphatic hydroxyl groups is 1. The third-order valence-corrected chi connectivity index (χ3v) is 3.04. The maximum absolute atomic E-state index is 12.0. The van der Waals surface area contributed by atoms with Gasteiger partial charge in [0.05, 0.1) is 0 Å². The van der Waals surface area contributed by atoms with E-state index in [1.54, 1.807) is 10.6 Å². The molecule has 0 saturated carbocycles. The largest absolute Gasteiger partial charge is 0.396 e. The van der Waals surface area contributed by atoms with Gasteiger partial charge in [-0.2, -0.15) is 0 Å². The Balaban J connectivity index is 2.73. The first-order valence-electron chi connectivity index (χ1n) is 5.57. The van der Waals surface area contributed by atoms with Crippen LogP contribution in [0.3, 0.4) is 0 Å². The Bertz CT molecular complexity index is 360. The van der Waals surface area contributed by atoms with Crippen molar-refractivity contribution >= 4 is 5.91 Å². The summed E-state index contributed by atoms with van der Waals surface area (Å²) in [7, 11) is 1.84. The minimum atomic E-state index is -0.337. The Labute approximate surface area is 96.3 Å². The summed E-state index contributed by atoms with van der Waals surface area (Å²) in [6.07, 6.45) is 3.20. The molecule has 1 rings (SSSR count). The first kappa shape index (κ1) is 12.8. The van der Waals surface area contributed by atoms with Gasteiger partial charge in [-0.15, -0.1) is 0 Å². The fourth-order valence-electron chi connectivity index (χ4n) is 1.61. The molecule has 1 heterocycles. The molecule has 0 fully saturated rings. The lowest BCUT2D eigenvalue weighted by Gasteiger charge is -2.29. The van der Waals surface area contributed by atoms with Gasteiger partial charge >= 0.3 is 0 Å². The molecule has 0 aliphatic heterocycles. The van der Waals surface area contributed by atoms with Gasteiger partial charge in [0.1, 0.15) is 5.69 Å². The van der Waals surface area contributed by atoms with Gasteiger partial charge in [0, 0.05) is 25.4 Å². The normalized spacial score (nSPS) is 14.5. The van der Waals surface area contributed by atoms with Crippen molar-refractivity contribution in [2.45, 2.75) is 32.2 Å². The van der Waals surface area contributed by atoms with Crippen molar-refractivity contribution < 1.29 is 9.90 Å². The molecule has 4 nitrogen and oxygen atoms in total. The van der Waals surface area contributed by atoms with Gasteiger partial charge in [0.2, 0.25) is 0 Å². The summed E-state index contributed by atoms with van der Waals surface area (Å²) in [6.45, 7) is 4.03. The lowest BCUT2D eigenvalue weighted by molar-refractivity contribution is 0.0878. The molecule has 0 bridgehead atoms. The molecule has 1 unspecified atom stereocenters. The molecule has 0 aliphatic rings. The number of rotatable bonds is 5. The molecular weight excluding hydrogens is 204 g/mol. The second-order valence-corrected chi connectivity index (χ2v) is 4.35. The zero-order valence-corrected chi connectivity index (χ0v) is 10.2. The van der Waals surface area contributed by atoms with Crippen LogP contribution >= 0.6 is 0 Å². The fourth-order valence-corrected chi connectivity index (χ4v) is 1.61. The smallest absolute Gasteiger partial charge is 0.268 e. The van der Waals surface area contributed by atoms with Crippen molar-refractivity contribution in [2.24, 2.45) is 7.05 Å². The lowest BCUT2D eigenvalue weighted by Crippen LogP contribution is -2.46. The average molecular weight is 224 g/mol. The van der Waals surface area contributed by atoms with Crippen LogP contribution in [0.1, 0.15) is 37.2 Å². The summed E-state index contributed by atoms with van der Waals surface area (Å²) in [5.74, 6) is -0.0923. The summed E-state index contributed by atoms with van der Waals surface area (Å²) in [5.41, 5.74) is 0.299. The van der Waals surface area contributed by atoms with E-state index < -0.39 is 0 Å². The summed E-state index contributed by atoms with van der Waals surface area (Å²) in [4.78, 5) is 12.0. The second kappa shape index (κ2) is 5.16.